The molecule has 4 nitrogen and oxygen atoms in total. The van der Waals surface area contributed by atoms with Crippen LogP contribution in [0.25, 0.3) is 0 Å². The number of pyridine rings is 1. The second-order valence-corrected chi connectivity index (χ2v) is 1.65. The zero-order chi connectivity index (χ0) is 7.40. The zero-order valence-electron chi connectivity index (χ0n) is 5.11. The normalized spacial score (nSPS) is 8.80. The van der Waals surface area contributed by atoms with Gasteiger partial charge in [-0.1, -0.05) is 6.07 Å². The van der Waals surface area contributed by atoms with Crippen molar-refractivity contribution in [2.45, 2.75) is 0 Å². The van der Waals surface area contributed by atoms with Crippen molar-refractivity contribution in [1.82, 2.24) is 4.98 Å². The molecule has 4 heteroatoms. The van der Waals surface area contributed by atoms with E-state index in [0.717, 1.165) is 0 Å². The van der Waals surface area contributed by atoms with E-state index in [9.17, 15) is 4.79 Å². The number of nitrogens with one attached hydrogen (secondary N) is 1. The van der Waals surface area contributed by atoms with Gasteiger partial charge in [-0.2, -0.15) is 0 Å². The Bertz CT molecular complexity index is 222. The molecule has 0 aliphatic rings. The van der Waals surface area contributed by atoms with Crippen molar-refractivity contribution in [3.05, 3.63) is 24.4 Å². The van der Waals surface area contributed by atoms with Gasteiger partial charge in [0.15, 0.2) is 0 Å². The van der Waals surface area contributed by atoms with Crippen molar-refractivity contribution in [1.29, 1.82) is 0 Å². The molecule has 1 rings (SSSR count). The van der Waals surface area contributed by atoms with Gasteiger partial charge in [0.1, 0.15) is 5.82 Å². The Morgan fingerprint density at radius 1 is 1.60 bits per heavy atom. The van der Waals surface area contributed by atoms with Crippen molar-refractivity contribution < 1.29 is 9.90 Å². The number of hydrogen-bond donors (Lipinski definition) is 2. The highest BCUT2D eigenvalue weighted by molar-refractivity contribution is 5.81. The lowest BCUT2D eigenvalue weighted by atomic mass is 10.5. The molecule has 0 saturated heterocycles. The monoisotopic (exact) mass is 138 g/mol. The maximum Gasteiger partial charge on any atom is 0.410 e. The first-order valence-electron chi connectivity index (χ1n) is 2.70. The van der Waals surface area contributed by atoms with Gasteiger partial charge < -0.3 is 5.11 Å². The smallest absolute Gasteiger partial charge is 0.410 e. The Morgan fingerprint density at radius 2 is 2.40 bits per heavy atom. The summed E-state index contributed by atoms with van der Waals surface area (Å²) in [6.45, 7) is 0. The second kappa shape index (κ2) is 2.82. The Hall–Kier alpha value is -1.58. The summed E-state index contributed by atoms with van der Waals surface area (Å²) >= 11 is 0. The number of rotatable bonds is 1. The maximum atomic E-state index is 10.0. The molecule has 52 valence electrons. The van der Waals surface area contributed by atoms with E-state index in [2.05, 4.69) is 10.3 Å². The Labute approximate surface area is 57.5 Å². The fourth-order valence-electron chi connectivity index (χ4n) is 0.546. The molecule has 0 fully saturated rings. The van der Waals surface area contributed by atoms with Gasteiger partial charge >= 0.3 is 6.09 Å². The van der Waals surface area contributed by atoms with Crippen LogP contribution >= 0.6 is 0 Å². The number of aromatic nitrogens is 1. The molecule has 1 aromatic heterocycles. The fourth-order valence-corrected chi connectivity index (χ4v) is 0.546. The van der Waals surface area contributed by atoms with E-state index in [1.165, 1.54) is 6.20 Å². The molecular formula is C6H6N2O2. The molecule has 0 aromatic carbocycles. The first-order chi connectivity index (χ1) is 4.79. The number of carboxylic acid groups (broad SMARTS) is 1. The molecule has 2 N–H and O–H groups in total. The van der Waals surface area contributed by atoms with Gasteiger partial charge in [-0.3, -0.25) is 5.32 Å². The maximum absolute atomic E-state index is 10.0. The van der Waals surface area contributed by atoms with E-state index in [4.69, 9.17) is 5.11 Å². The van der Waals surface area contributed by atoms with Crippen LogP contribution in [0.3, 0.4) is 0 Å². The summed E-state index contributed by atoms with van der Waals surface area (Å²) in [6, 6.07) is 5.00. The summed E-state index contributed by atoms with van der Waals surface area (Å²) in [7, 11) is 0. The number of hydrogen-bond acceptors (Lipinski definition) is 2. The average molecular weight is 138 g/mol. The highest BCUT2D eigenvalue weighted by Crippen LogP contribution is 1.97. The molecule has 0 aliphatic carbocycles. The molecule has 10 heavy (non-hydrogen) atoms. The third-order valence-electron chi connectivity index (χ3n) is 0.900. The predicted octanol–water partition coefficient (Wildman–Crippen LogP) is 1.17. The van der Waals surface area contributed by atoms with Crippen LogP contribution in [0.4, 0.5) is 10.6 Å². The topological polar surface area (TPSA) is 62.2 Å². The predicted molar refractivity (Wildman–Crippen MR) is 35.9 cm³/mol. The van der Waals surface area contributed by atoms with Gasteiger partial charge in [0.2, 0.25) is 0 Å². The van der Waals surface area contributed by atoms with Crippen LogP contribution < -0.4 is 5.32 Å². The molecule has 0 radical (unpaired) electrons. The van der Waals surface area contributed by atoms with Crippen LogP contribution in [0.2, 0.25) is 0 Å². The number of carbonyl (C=O) groups is 1. The summed E-state index contributed by atoms with van der Waals surface area (Å²) < 4.78 is 0. The summed E-state index contributed by atoms with van der Waals surface area (Å²) in [5, 5.41) is 10.3. The third kappa shape index (κ3) is 1.74. The Balaban J connectivity index is 2.67. The Morgan fingerprint density at radius 3 is 2.90 bits per heavy atom. The van der Waals surface area contributed by atoms with E-state index in [1.807, 2.05) is 0 Å². The summed E-state index contributed by atoms with van der Waals surface area (Å²) in [6.07, 6.45) is 0.421. The molecule has 0 spiro atoms. The van der Waals surface area contributed by atoms with Gasteiger partial charge in [-0.05, 0) is 12.1 Å². The minimum atomic E-state index is -1.10. The minimum absolute atomic E-state index is 0.343. The highest BCUT2D eigenvalue weighted by atomic mass is 16.4. The lowest BCUT2D eigenvalue weighted by Gasteiger charge is -1.95. The summed E-state index contributed by atoms with van der Waals surface area (Å²) in [4.78, 5) is 13.7. The molecule has 0 bridgehead atoms. The van der Waals surface area contributed by atoms with Gasteiger partial charge in [0.25, 0.3) is 0 Å². The van der Waals surface area contributed by atoms with Crippen LogP contribution in [-0.4, -0.2) is 16.2 Å². The van der Waals surface area contributed by atoms with Crippen LogP contribution in [0.1, 0.15) is 0 Å². The van der Waals surface area contributed by atoms with Crippen LogP contribution in [0, 0.1) is 0 Å². The van der Waals surface area contributed by atoms with Crippen LogP contribution in [0.15, 0.2) is 24.4 Å². The second-order valence-electron chi connectivity index (χ2n) is 1.65. The minimum Gasteiger partial charge on any atom is -0.465 e. The first-order valence-corrected chi connectivity index (χ1v) is 2.70. The van der Waals surface area contributed by atoms with Crippen LogP contribution in [-0.2, 0) is 0 Å². The van der Waals surface area contributed by atoms with E-state index >= 15 is 0 Å². The van der Waals surface area contributed by atoms with Gasteiger partial charge in [0.05, 0.1) is 0 Å². The molecule has 0 saturated carbocycles. The van der Waals surface area contributed by atoms with E-state index in [1.54, 1.807) is 18.2 Å². The van der Waals surface area contributed by atoms with E-state index in [-0.39, 0.29) is 0 Å². The van der Waals surface area contributed by atoms with E-state index < -0.39 is 6.09 Å². The van der Waals surface area contributed by atoms with E-state index in [0.29, 0.717) is 5.82 Å². The van der Waals surface area contributed by atoms with Crippen molar-refractivity contribution in [2.75, 3.05) is 5.32 Å². The average Bonchev–Trinajstić information content (AvgIpc) is 1.88. The molecule has 1 aromatic rings. The number of anilines is 1. The molecule has 0 aliphatic heterocycles. The van der Waals surface area contributed by atoms with Crippen molar-refractivity contribution in [3.63, 3.8) is 0 Å². The van der Waals surface area contributed by atoms with Crippen molar-refractivity contribution in [3.8, 4) is 0 Å². The van der Waals surface area contributed by atoms with Gasteiger partial charge in [-0.25, -0.2) is 9.78 Å². The lowest BCUT2D eigenvalue weighted by molar-refractivity contribution is 0.209. The zero-order valence-corrected chi connectivity index (χ0v) is 5.11. The molecule has 0 unspecified atom stereocenters. The molecule has 1 heterocycles. The number of nitrogens with zero attached hydrogens (tertiary/aromatic N) is 1. The quantitative estimate of drug-likeness (QED) is 0.612. The fraction of sp³-hybridized carbons (Fsp3) is 0. The van der Waals surface area contributed by atoms with Gasteiger partial charge in [-0.15, -0.1) is 0 Å². The molecule has 1 amide bonds. The molecular weight excluding hydrogens is 132 g/mol. The SMILES string of the molecule is O=C(O)Nc1ccccn1. The Kier molecular flexibility index (Phi) is 1.84. The molecule has 0 atom stereocenters. The standard InChI is InChI=1S/C6H6N2O2/c9-6(10)8-5-3-1-2-4-7-5/h1-4H,(H,7,8)(H,9,10). The third-order valence-corrected chi connectivity index (χ3v) is 0.900. The summed E-state index contributed by atoms with van der Waals surface area (Å²) in [5.41, 5.74) is 0. The largest absolute Gasteiger partial charge is 0.465 e. The summed E-state index contributed by atoms with van der Waals surface area (Å²) in [5.74, 6) is 0.343. The highest BCUT2D eigenvalue weighted by Gasteiger charge is 1.94. The van der Waals surface area contributed by atoms with Gasteiger partial charge in [0, 0.05) is 6.20 Å². The lowest BCUT2D eigenvalue weighted by Crippen LogP contribution is -2.07. The van der Waals surface area contributed by atoms with Crippen molar-refractivity contribution in [2.24, 2.45) is 0 Å². The number of amides is 1. The van der Waals surface area contributed by atoms with Crippen LogP contribution in [0.5, 0.6) is 0 Å². The van der Waals surface area contributed by atoms with Crippen molar-refractivity contribution >= 4 is 11.9 Å². The first kappa shape index (κ1) is 6.54.